The number of aryl methyl sites for hydroxylation is 1. The quantitative estimate of drug-likeness (QED) is 0.804. The Labute approximate surface area is 143 Å². The van der Waals surface area contributed by atoms with E-state index in [1.807, 2.05) is 10.8 Å². The Morgan fingerprint density at radius 2 is 1.96 bits per heavy atom. The second-order valence-corrected chi connectivity index (χ2v) is 6.90. The molecule has 1 aromatic heterocycles. The van der Waals surface area contributed by atoms with Crippen LogP contribution in [0.2, 0.25) is 0 Å². The summed E-state index contributed by atoms with van der Waals surface area (Å²) in [5.41, 5.74) is 2.55. The van der Waals surface area contributed by atoms with E-state index >= 15 is 0 Å². The molecule has 2 aromatic rings. The summed E-state index contributed by atoms with van der Waals surface area (Å²) < 4.78 is 3.74. The molecule has 0 fully saturated rings. The van der Waals surface area contributed by atoms with Crippen molar-refractivity contribution in [1.82, 2.24) is 4.57 Å². The first-order valence-corrected chi connectivity index (χ1v) is 8.46. The average Bonchev–Trinajstić information content (AvgIpc) is 2.81. The first kappa shape index (κ1) is 16.4. The number of anilines is 1. The first-order chi connectivity index (χ1) is 11.4. The van der Waals surface area contributed by atoms with Crippen LogP contribution in [0.25, 0.3) is 17.0 Å². The fourth-order valence-electron chi connectivity index (χ4n) is 2.90. The summed E-state index contributed by atoms with van der Waals surface area (Å²) in [7, 11) is 1.75. The maximum absolute atomic E-state index is 11.5. The van der Waals surface area contributed by atoms with Gasteiger partial charge in [0, 0.05) is 30.7 Å². The first-order valence-electron chi connectivity index (χ1n) is 7.69. The maximum Gasteiger partial charge on any atom is 0.344 e. The lowest BCUT2D eigenvalue weighted by molar-refractivity contribution is -0.131. The molecule has 0 saturated carbocycles. The van der Waals surface area contributed by atoms with E-state index < -0.39 is 11.9 Å². The van der Waals surface area contributed by atoms with Gasteiger partial charge in [0.15, 0.2) is 0 Å². The van der Waals surface area contributed by atoms with E-state index in [1.165, 1.54) is 0 Å². The number of hydrogen-bond donors (Lipinski definition) is 2. The summed E-state index contributed by atoms with van der Waals surface area (Å²) in [5.74, 6) is -1.99. The predicted molar refractivity (Wildman–Crippen MR) is 95.4 cm³/mol. The third kappa shape index (κ3) is 2.75. The van der Waals surface area contributed by atoms with Crippen molar-refractivity contribution in [3.63, 3.8) is 0 Å². The van der Waals surface area contributed by atoms with Gasteiger partial charge in [-0.3, -0.25) is 0 Å². The molecule has 126 valence electrons. The van der Waals surface area contributed by atoms with Crippen molar-refractivity contribution in [1.29, 1.82) is 0 Å². The smallest absolute Gasteiger partial charge is 0.344 e. The van der Waals surface area contributed by atoms with Crippen LogP contribution < -0.4 is 4.31 Å². The van der Waals surface area contributed by atoms with Gasteiger partial charge in [0.25, 0.3) is 0 Å². The SMILES string of the molecule is CCCCn1cc2c3c(cc(C(=O)O)cc31)N(C)SC(C(=O)O)=C2. The summed E-state index contributed by atoms with van der Waals surface area (Å²) in [5, 5.41) is 19.7. The van der Waals surface area contributed by atoms with E-state index in [-0.39, 0.29) is 10.5 Å². The number of rotatable bonds is 5. The molecule has 0 bridgehead atoms. The zero-order valence-electron chi connectivity index (χ0n) is 13.4. The summed E-state index contributed by atoms with van der Waals surface area (Å²) >= 11 is 1.09. The number of carboxylic acids is 2. The van der Waals surface area contributed by atoms with Crippen molar-refractivity contribution in [2.75, 3.05) is 11.4 Å². The van der Waals surface area contributed by atoms with Gasteiger partial charge in [-0.25, -0.2) is 9.59 Å². The number of nitrogens with zero attached hydrogens (tertiary/aromatic N) is 2. The molecule has 2 heterocycles. The lowest BCUT2D eigenvalue weighted by atomic mass is 10.1. The molecule has 24 heavy (non-hydrogen) atoms. The molecule has 0 unspecified atom stereocenters. The number of benzene rings is 1. The van der Waals surface area contributed by atoms with Crippen molar-refractivity contribution in [2.24, 2.45) is 0 Å². The molecule has 0 amide bonds. The van der Waals surface area contributed by atoms with Crippen LogP contribution in [0.4, 0.5) is 5.69 Å². The molecule has 1 aliphatic rings. The van der Waals surface area contributed by atoms with E-state index in [0.29, 0.717) is 5.69 Å². The van der Waals surface area contributed by atoms with Crippen LogP contribution in [-0.4, -0.2) is 33.8 Å². The van der Waals surface area contributed by atoms with Crippen LogP contribution in [0.1, 0.15) is 35.7 Å². The Morgan fingerprint density at radius 3 is 2.58 bits per heavy atom. The van der Waals surface area contributed by atoms with E-state index in [9.17, 15) is 19.8 Å². The van der Waals surface area contributed by atoms with Gasteiger partial charge < -0.3 is 19.1 Å². The summed E-state index contributed by atoms with van der Waals surface area (Å²) in [4.78, 5) is 23.2. The van der Waals surface area contributed by atoms with Crippen LogP contribution in [0, 0.1) is 0 Å². The number of aliphatic carboxylic acids is 1. The Hall–Kier alpha value is -2.41. The monoisotopic (exact) mass is 346 g/mol. The van der Waals surface area contributed by atoms with Crippen molar-refractivity contribution in [2.45, 2.75) is 26.3 Å². The van der Waals surface area contributed by atoms with Crippen LogP contribution >= 0.6 is 11.9 Å². The van der Waals surface area contributed by atoms with Crippen LogP contribution in [0.3, 0.4) is 0 Å². The second kappa shape index (κ2) is 6.24. The van der Waals surface area contributed by atoms with Crippen molar-refractivity contribution < 1.29 is 19.8 Å². The van der Waals surface area contributed by atoms with Crippen molar-refractivity contribution in [3.8, 4) is 0 Å². The molecule has 0 aliphatic carbocycles. The highest BCUT2D eigenvalue weighted by molar-refractivity contribution is 8.05. The highest BCUT2D eigenvalue weighted by Crippen LogP contribution is 2.41. The lowest BCUT2D eigenvalue weighted by Gasteiger charge is -2.18. The minimum Gasteiger partial charge on any atom is -0.478 e. The van der Waals surface area contributed by atoms with Crippen molar-refractivity contribution in [3.05, 3.63) is 34.4 Å². The molecule has 0 spiro atoms. The number of aromatic carboxylic acids is 1. The highest BCUT2D eigenvalue weighted by Gasteiger charge is 2.24. The van der Waals surface area contributed by atoms with Gasteiger partial charge >= 0.3 is 11.9 Å². The molecular weight excluding hydrogens is 328 g/mol. The normalized spacial score (nSPS) is 13.8. The molecule has 7 heteroatoms. The van der Waals surface area contributed by atoms with Gasteiger partial charge in [0.05, 0.1) is 16.8 Å². The minimum absolute atomic E-state index is 0.200. The molecule has 0 atom stereocenters. The Morgan fingerprint density at radius 1 is 1.21 bits per heavy atom. The molecule has 2 N–H and O–H groups in total. The van der Waals surface area contributed by atoms with Gasteiger partial charge in [-0.15, -0.1) is 0 Å². The Kier molecular flexibility index (Phi) is 4.28. The van der Waals surface area contributed by atoms with E-state index in [4.69, 9.17) is 0 Å². The molecule has 1 aromatic carbocycles. The predicted octanol–water partition coefficient (Wildman–Crippen LogP) is 3.66. The minimum atomic E-state index is -0.994. The fraction of sp³-hybridized carbons (Fsp3) is 0.294. The average molecular weight is 346 g/mol. The molecule has 0 saturated heterocycles. The van der Waals surface area contributed by atoms with Gasteiger partial charge in [0.2, 0.25) is 0 Å². The van der Waals surface area contributed by atoms with Crippen molar-refractivity contribution >= 4 is 46.6 Å². The van der Waals surface area contributed by atoms with Crippen LogP contribution in [0.15, 0.2) is 23.2 Å². The fourth-order valence-corrected chi connectivity index (χ4v) is 3.69. The summed E-state index contributed by atoms with van der Waals surface area (Å²) in [6.07, 6.45) is 5.56. The number of unbranched alkanes of at least 4 members (excludes halogenated alkanes) is 1. The Bertz CT molecular complexity index is 869. The number of hydrogen-bond acceptors (Lipinski definition) is 4. The second-order valence-electron chi connectivity index (χ2n) is 5.73. The molecule has 3 rings (SSSR count). The van der Waals surface area contributed by atoms with Gasteiger partial charge in [-0.1, -0.05) is 13.3 Å². The molecular formula is C17H18N2O4S. The third-order valence-corrected chi connectivity index (χ3v) is 5.02. The maximum atomic E-state index is 11.5. The zero-order chi connectivity index (χ0) is 17.4. The number of carboxylic acid groups (broad SMARTS) is 2. The summed E-state index contributed by atoms with van der Waals surface area (Å²) in [6.45, 7) is 2.86. The largest absolute Gasteiger partial charge is 0.478 e. The number of aromatic nitrogens is 1. The zero-order valence-corrected chi connectivity index (χ0v) is 14.3. The van der Waals surface area contributed by atoms with E-state index in [0.717, 1.165) is 47.8 Å². The Balaban J connectivity index is 2.30. The number of carbonyl (C=O) groups is 2. The van der Waals surface area contributed by atoms with Gasteiger partial charge in [-0.2, -0.15) is 0 Å². The highest BCUT2D eigenvalue weighted by atomic mass is 32.2. The topological polar surface area (TPSA) is 82.8 Å². The van der Waals surface area contributed by atoms with Crippen LogP contribution in [0.5, 0.6) is 0 Å². The standard InChI is InChI=1S/C17H18N2O4S/c1-3-4-5-19-9-11-8-14(17(22)23)24-18(2)12-6-10(16(20)21)7-13(19)15(11)12/h6-9H,3-5H2,1-2H3,(H,20,21)(H,22,23). The molecule has 6 nitrogen and oxygen atoms in total. The lowest BCUT2D eigenvalue weighted by Crippen LogP contribution is -2.11. The van der Waals surface area contributed by atoms with Crippen LogP contribution in [-0.2, 0) is 11.3 Å². The third-order valence-electron chi connectivity index (χ3n) is 4.06. The van der Waals surface area contributed by atoms with Gasteiger partial charge in [-0.05, 0) is 36.6 Å². The molecule has 1 aliphatic heterocycles. The summed E-state index contributed by atoms with van der Waals surface area (Å²) in [6, 6.07) is 3.27. The van der Waals surface area contributed by atoms with E-state index in [2.05, 4.69) is 6.92 Å². The van der Waals surface area contributed by atoms with Gasteiger partial charge in [0.1, 0.15) is 4.91 Å². The molecule has 0 radical (unpaired) electrons. The van der Waals surface area contributed by atoms with E-state index in [1.54, 1.807) is 29.6 Å².